The molecule has 0 bridgehead atoms. The molecule has 1 aromatic rings. The first kappa shape index (κ1) is 13.2. The fourth-order valence-electron chi connectivity index (χ4n) is 2.20. The van der Waals surface area contributed by atoms with Crippen molar-refractivity contribution in [2.24, 2.45) is 0 Å². The summed E-state index contributed by atoms with van der Waals surface area (Å²) < 4.78 is 2.41. The van der Waals surface area contributed by atoms with E-state index in [4.69, 9.17) is 0 Å². The Hall–Kier alpha value is -0.863. The maximum absolute atomic E-state index is 4.10. The van der Waals surface area contributed by atoms with Crippen LogP contribution in [0.25, 0.3) is 0 Å². The highest BCUT2D eigenvalue weighted by Crippen LogP contribution is 2.17. The van der Waals surface area contributed by atoms with Crippen LogP contribution in [0.3, 0.4) is 0 Å². The smallest absolute Gasteiger partial charge is 0.184 e. The first-order chi connectivity index (χ1) is 7.67. The van der Waals surface area contributed by atoms with Gasteiger partial charge in [0.05, 0.1) is 0 Å². The molecule has 0 saturated heterocycles. The summed E-state index contributed by atoms with van der Waals surface area (Å²) in [6.07, 6.45) is 2.54. The van der Waals surface area contributed by atoms with Crippen LogP contribution in [0.15, 0.2) is 42.6 Å². The maximum Gasteiger partial charge on any atom is 0.184 e. The molecule has 0 aliphatic heterocycles. The van der Waals surface area contributed by atoms with Crippen molar-refractivity contribution in [3.05, 3.63) is 42.6 Å². The molecule has 88 valence electrons. The predicted octanol–water partition coefficient (Wildman–Crippen LogP) is 2.93. The molecule has 0 aliphatic rings. The van der Waals surface area contributed by atoms with E-state index in [0.29, 0.717) is 0 Å². The summed E-state index contributed by atoms with van der Waals surface area (Å²) in [5.74, 6) is 0. The van der Waals surface area contributed by atoms with E-state index in [9.17, 15) is 0 Å². The quantitative estimate of drug-likeness (QED) is 0.683. The Morgan fingerprint density at radius 1 is 1.25 bits per heavy atom. The maximum atomic E-state index is 4.10. The number of nitrogens with zero attached hydrogens (tertiary/aromatic N) is 1. The number of rotatable bonds is 6. The molecule has 1 unspecified atom stereocenters. The summed E-state index contributed by atoms with van der Waals surface area (Å²) in [5.41, 5.74) is 2.22. The predicted molar refractivity (Wildman–Crippen MR) is 75.4 cm³/mol. The normalized spacial score (nSPS) is 14.8. The highest BCUT2D eigenvalue weighted by molar-refractivity contribution is 6.93. The molecule has 0 N–H and O–H groups in total. The van der Waals surface area contributed by atoms with Gasteiger partial charge in [-0.2, -0.15) is 0 Å². The Morgan fingerprint density at radius 2 is 1.88 bits per heavy atom. The Morgan fingerprint density at radius 3 is 2.31 bits per heavy atom. The molecule has 1 rings (SSSR count). The summed E-state index contributed by atoms with van der Waals surface area (Å²) in [7, 11) is 2.74. The van der Waals surface area contributed by atoms with Gasteiger partial charge in [0.2, 0.25) is 0 Å². The van der Waals surface area contributed by atoms with Gasteiger partial charge in [-0.1, -0.05) is 55.8 Å². The van der Waals surface area contributed by atoms with Gasteiger partial charge in [0.1, 0.15) is 0 Å². The summed E-state index contributed by atoms with van der Waals surface area (Å²) in [5, 5.41) is 1.48. The molecular formula is C14H23NSi. The van der Waals surface area contributed by atoms with Crippen LogP contribution in [0.5, 0.6) is 0 Å². The van der Waals surface area contributed by atoms with Crippen molar-refractivity contribution in [1.29, 1.82) is 0 Å². The van der Waals surface area contributed by atoms with Gasteiger partial charge >= 0.3 is 0 Å². The van der Waals surface area contributed by atoms with Crippen molar-refractivity contribution in [3.8, 4) is 0 Å². The van der Waals surface area contributed by atoms with Gasteiger partial charge in [-0.05, 0) is 25.3 Å². The first-order valence-corrected chi connectivity index (χ1v) is 8.27. The number of unbranched alkanes of at least 4 members (excludes halogenated alkanes) is 1. The Bertz CT molecular complexity index is 321. The molecular weight excluding hydrogens is 210 g/mol. The van der Waals surface area contributed by atoms with Crippen LogP contribution < -0.4 is 5.19 Å². The summed E-state index contributed by atoms with van der Waals surface area (Å²) >= 11 is 0. The SMILES string of the molecule is C=C[Si](CCCC)(c1ccccc1)N(C)C. The zero-order valence-electron chi connectivity index (χ0n) is 10.7. The molecule has 0 spiro atoms. The van der Waals surface area contributed by atoms with Crippen molar-refractivity contribution in [2.45, 2.75) is 25.8 Å². The minimum Gasteiger partial charge on any atom is -0.322 e. The van der Waals surface area contributed by atoms with E-state index in [0.717, 1.165) is 0 Å². The molecule has 0 amide bonds. The van der Waals surface area contributed by atoms with Crippen molar-refractivity contribution in [1.82, 2.24) is 4.57 Å². The summed E-state index contributed by atoms with van der Waals surface area (Å²) in [4.78, 5) is 0. The largest absolute Gasteiger partial charge is 0.322 e. The highest BCUT2D eigenvalue weighted by Gasteiger charge is 2.33. The molecule has 16 heavy (non-hydrogen) atoms. The first-order valence-electron chi connectivity index (χ1n) is 6.04. The van der Waals surface area contributed by atoms with Gasteiger partial charge in [-0.15, -0.1) is 6.58 Å². The second-order valence-electron chi connectivity index (χ2n) is 4.49. The fraction of sp³-hybridized carbons (Fsp3) is 0.429. The number of hydrogen-bond donors (Lipinski definition) is 0. The summed E-state index contributed by atoms with van der Waals surface area (Å²) in [6, 6.07) is 12.1. The molecule has 1 atom stereocenters. The van der Waals surface area contributed by atoms with Crippen LogP contribution >= 0.6 is 0 Å². The molecule has 0 heterocycles. The Kier molecular flexibility index (Phi) is 4.96. The van der Waals surface area contributed by atoms with Gasteiger partial charge in [-0.25, -0.2) is 0 Å². The third-order valence-electron chi connectivity index (χ3n) is 3.32. The van der Waals surface area contributed by atoms with Crippen molar-refractivity contribution in [2.75, 3.05) is 14.1 Å². The lowest BCUT2D eigenvalue weighted by Gasteiger charge is -2.35. The second kappa shape index (κ2) is 6.02. The van der Waals surface area contributed by atoms with Gasteiger partial charge in [0.15, 0.2) is 8.24 Å². The van der Waals surface area contributed by atoms with Crippen molar-refractivity contribution >= 4 is 13.4 Å². The molecule has 0 fully saturated rings. The highest BCUT2D eigenvalue weighted by atomic mass is 28.3. The zero-order chi connectivity index (χ0) is 12.0. The van der Waals surface area contributed by atoms with E-state index in [2.05, 4.69) is 68.2 Å². The minimum atomic E-state index is -1.65. The number of benzene rings is 1. The third kappa shape index (κ3) is 2.63. The van der Waals surface area contributed by atoms with E-state index in [1.165, 1.54) is 24.1 Å². The van der Waals surface area contributed by atoms with E-state index < -0.39 is 8.24 Å². The van der Waals surface area contributed by atoms with Crippen molar-refractivity contribution < 1.29 is 0 Å². The molecule has 0 aromatic heterocycles. The van der Waals surface area contributed by atoms with Gasteiger partial charge < -0.3 is 4.57 Å². The van der Waals surface area contributed by atoms with E-state index in [-0.39, 0.29) is 0 Å². The molecule has 1 aromatic carbocycles. The van der Waals surface area contributed by atoms with E-state index in [1.54, 1.807) is 0 Å². The van der Waals surface area contributed by atoms with Crippen LogP contribution in [0.2, 0.25) is 6.04 Å². The monoisotopic (exact) mass is 233 g/mol. The zero-order valence-corrected chi connectivity index (χ0v) is 11.7. The van der Waals surface area contributed by atoms with Crippen LogP contribution in [0.1, 0.15) is 19.8 Å². The molecule has 2 heteroatoms. The van der Waals surface area contributed by atoms with Crippen LogP contribution in [-0.4, -0.2) is 26.9 Å². The molecule has 0 aliphatic carbocycles. The Labute approximate surface area is 101 Å². The molecule has 1 nitrogen and oxygen atoms in total. The van der Waals surface area contributed by atoms with Crippen LogP contribution in [0, 0.1) is 0 Å². The summed E-state index contributed by atoms with van der Waals surface area (Å²) in [6.45, 7) is 6.36. The van der Waals surface area contributed by atoms with E-state index >= 15 is 0 Å². The van der Waals surface area contributed by atoms with Crippen LogP contribution in [0.4, 0.5) is 0 Å². The third-order valence-corrected chi connectivity index (χ3v) is 8.04. The standard InChI is InChI=1S/C14H23NSi/c1-5-7-13-16(6-2,15(3)4)14-11-9-8-10-12-14/h6,8-12H,2,5,7,13H2,1,3-4H3. The Balaban J connectivity index is 3.07. The van der Waals surface area contributed by atoms with Gasteiger partial charge in [0, 0.05) is 0 Å². The van der Waals surface area contributed by atoms with Gasteiger partial charge in [-0.3, -0.25) is 0 Å². The fourth-order valence-corrected chi connectivity index (χ4v) is 5.92. The molecule has 0 radical (unpaired) electrons. The van der Waals surface area contributed by atoms with E-state index in [1.807, 2.05) is 0 Å². The topological polar surface area (TPSA) is 3.24 Å². The van der Waals surface area contributed by atoms with Crippen LogP contribution in [-0.2, 0) is 0 Å². The second-order valence-corrected chi connectivity index (χ2v) is 8.72. The lowest BCUT2D eigenvalue weighted by atomic mass is 10.4. The average molecular weight is 233 g/mol. The molecule has 0 saturated carbocycles. The lowest BCUT2D eigenvalue weighted by Crippen LogP contribution is -2.58. The van der Waals surface area contributed by atoms with Gasteiger partial charge in [0.25, 0.3) is 0 Å². The number of hydrogen-bond acceptors (Lipinski definition) is 1. The lowest BCUT2D eigenvalue weighted by molar-refractivity contribution is 0.622. The average Bonchev–Trinajstić information content (AvgIpc) is 2.31. The van der Waals surface area contributed by atoms with Crippen molar-refractivity contribution in [3.63, 3.8) is 0 Å². The minimum absolute atomic E-state index is 1.25.